The molecule has 3 amide bonds. The van der Waals surface area contributed by atoms with E-state index in [-0.39, 0.29) is 36.7 Å². The Balaban J connectivity index is 1.73. The van der Waals surface area contributed by atoms with Crippen molar-refractivity contribution in [3.8, 4) is 10.4 Å². The fourth-order valence-corrected chi connectivity index (χ4v) is 5.22. The number of β-amino-alcohol motifs (C(OH)–C–C–N with tert-alkyl or cyclic N) is 1. The molecule has 36 heavy (non-hydrogen) atoms. The number of likely N-dealkylation sites (tertiary alicyclic amines) is 1. The van der Waals surface area contributed by atoms with E-state index in [1.54, 1.807) is 18.3 Å². The van der Waals surface area contributed by atoms with Gasteiger partial charge in [0, 0.05) is 13.0 Å². The molecule has 0 aliphatic carbocycles. The Morgan fingerprint density at radius 3 is 2.33 bits per heavy atom. The van der Waals surface area contributed by atoms with Crippen molar-refractivity contribution >= 4 is 45.0 Å². The van der Waals surface area contributed by atoms with Crippen LogP contribution < -0.4 is 10.6 Å². The van der Waals surface area contributed by atoms with Crippen LogP contribution in [0.1, 0.15) is 58.3 Å². The molecule has 2 heterocycles. The molecule has 5 atom stereocenters. The summed E-state index contributed by atoms with van der Waals surface area (Å²) < 4.78 is 0. The summed E-state index contributed by atoms with van der Waals surface area (Å²) in [4.78, 5) is 45.5. The number of amides is 3. The second-order valence-corrected chi connectivity index (χ2v) is 12.7. The Kier molecular flexibility index (Phi) is 8.95. The fourth-order valence-electron chi connectivity index (χ4n) is 4.27. The number of aliphatic hydroxyl groups excluding tert-OH is 1. The second kappa shape index (κ2) is 11.4. The van der Waals surface area contributed by atoms with Gasteiger partial charge in [-0.2, -0.15) is 0 Å². The molecular weight excluding hydrogens is 544 g/mol. The van der Waals surface area contributed by atoms with E-state index < -0.39 is 28.4 Å². The zero-order valence-corrected chi connectivity index (χ0v) is 23.9. The van der Waals surface area contributed by atoms with Gasteiger partial charge in [-0.15, -0.1) is 11.3 Å². The highest BCUT2D eigenvalue weighted by Gasteiger charge is 2.44. The Bertz CT molecular complexity index is 1100. The molecule has 8 nitrogen and oxygen atoms in total. The molecule has 3 rings (SSSR count). The van der Waals surface area contributed by atoms with E-state index in [0.717, 1.165) is 21.7 Å². The van der Waals surface area contributed by atoms with Gasteiger partial charge in [0.1, 0.15) is 12.1 Å². The van der Waals surface area contributed by atoms with Crippen LogP contribution >= 0.6 is 27.3 Å². The van der Waals surface area contributed by atoms with E-state index in [1.165, 1.54) is 4.90 Å². The average molecular weight is 580 g/mol. The van der Waals surface area contributed by atoms with Gasteiger partial charge in [-0.3, -0.25) is 14.4 Å². The van der Waals surface area contributed by atoms with Gasteiger partial charge in [0.25, 0.3) is 0 Å². The first-order valence-corrected chi connectivity index (χ1v) is 13.8. The summed E-state index contributed by atoms with van der Waals surface area (Å²) in [7, 11) is 0. The highest BCUT2D eigenvalue weighted by molar-refractivity contribution is 9.10. The second-order valence-electron chi connectivity index (χ2n) is 10.4. The molecule has 0 radical (unpaired) electrons. The van der Waals surface area contributed by atoms with E-state index in [0.29, 0.717) is 0 Å². The predicted molar refractivity (Wildman–Crippen MR) is 145 cm³/mol. The number of halogens is 1. The number of hydrogen-bond acceptors (Lipinski definition) is 6. The van der Waals surface area contributed by atoms with Gasteiger partial charge in [0.2, 0.25) is 17.7 Å². The minimum absolute atomic E-state index is 0.0422. The van der Waals surface area contributed by atoms with Crippen LogP contribution in [-0.4, -0.2) is 62.3 Å². The summed E-state index contributed by atoms with van der Waals surface area (Å²) in [5, 5.41) is 16.1. The third-order valence-corrected chi connectivity index (χ3v) is 7.80. The van der Waals surface area contributed by atoms with Gasteiger partial charge in [0.05, 0.1) is 33.1 Å². The van der Waals surface area contributed by atoms with E-state index in [9.17, 15) is 19.5 Å². The van der Waals surface area contributed by atoms with E-state index >= 15 is 0 Å². The van der Waals surface area contributed by atoms with Gasteiger partial charge in [-0.1, -0.05) is 61.0 Å². The van der Waals surface area contributed by atoms with Crippen molar-refractivity contribution in [3.63, 3.8) is 0 Å². The number of alkyl halides is 1. The van der Waals surface area contributed by atoms with Crippen LogP contribution in [0.2, 0.25) is 0 Å². The van der Waals surface area contributed by atoms with E-state index in [1.807, 2.05) is 64.4 Å². The third-order valence-electron chi connectivity index (χ3n) is 6.40. The van der Waals surface area contributed by atoms with Crippen molar-refractivity contribution in [1.82, 2.24) is 20.5 Å². The minimum Gasteiger partial charge on any atom is -0.391 e. The van der Waals surface area contributed by atoms with Crippen LogP contribution in [-0.2, 0) is 14.4 Å². The van der Waals surface area contributed by atoms with Crippen molar-refractivity contribution in [2.45, 2.75) is 77.0 Å². The SMILES string of the molecule is Cc1ncsc1-c1ccc(C(C)NC(=O)[C@@H]2C[C@@H](O)CN2C(=O)C(NC(=O)C(C)Br)C(C)(C)C)cc1. The molecule has 196 valence electrons. The zero-order valence-electron chi connectivity index (χ0n) is 21.5. The number of carbonyl (C=O) groups excluding carboxylic acids is 3. The Morgan fingerprint density at radius 2 is 1.81 bits per heavy atom. The molecule has 1 fully saturated rings. The molecule has 0 bridgehead atoms. The Hall–Kier alpha value is -2.30. The lowest BCUT2D eigenvalue weighted by atomic mass is 9.85. The Labute approximate surface area is 225 Å². The number of nitrogens with zero attached hydrogens (tertiary/aromatic N) is 2. The van der Waals surface area contributed by atoms with Gasteiger partial charge in [0.15, 0.2) is 0 Å². The summed E-state index contributed by atoms with van der Waals surface area (Å²) in [5.41, 5.74) is 4.21. The van der Waals surface area contributed by atoms with E-state index in [2.05, 4.69) is 31.5 Å². The number of aliphatic hydroxyl groups is 1. The molecule has 1 aliphatic rings. The highest BCUT2D eigenvalue weighted by Crippen LogP contribution is 2.29. The normalized spacial score (nSPS) is 20.5. The minimum atomic E-state index is -0.842. The Morgan fingerprint density at radius 1 is 1.17 bits per heavy atom. The predicted octanol–water partition coefficient (Wildman–Crippen LogP) is 3.57. The monoisotopic (exact) mass is 578 g/mol. The topological polar surface area (TPSA) is 112 Å². The number of hydrogen-bond donors (Lipinski definition) is 3. The number of benzene rings is 1. The summed E-state index contributed by atoms with van der Waals surface area (Å²) in [6.07, 6.45) is -0.665. The number of aryl methyl sites for hydroxylation is 1. The summed E-state index contributed by atoms with van der Waals surface area (Å²) in [5.74, 6) is -1.02. The molecule has 1 saturated heterocycles. The van der Waals surface area contributed by atoms with Crippen LogP contribution in [0.4, 0.5) is 0 Å². The number of aromatic nitrogens is 1. The van der Waals surface area contributed by atoms with Gasteiger partial charge >= 0.3 is 0 Å². The number of nitrogens with one attached hydrogen (secondary N) is 2. The summed E-state index contributed by atoms with van der Waals surface area (Å²) in [6.45, 7) is 11.2. The summed E-state index contributed by atoms with van der Waals surface area (Å²) >= 11 is 4.82. The highest BCUT2D eigenvalue weighted by atomic mass is 79.9. The van der Waals surface area contributed by atoms with Gasteiger partial charge < -0.3 is 20.6 Å². The molecule has 2 aromatic rings. The van der Waals surface area contributed by atoms with Gasteiger partial charge in [-0.25, -0.2) is 4.98 Å². The molecule has 1 aromatic carbocycles. The van der Waals surface area contributed by atoms with Crippen LogP contribution in [0.5, 0.6) is 0 Å². The third kappa shape index (κ3) is 6.52. The van der Waals surface area contributed by atoms with Crippen LogP contribution in [0.15, 0.2) is 29.8 Å². The van der Waals surface area contributed by atoms with E-state index in [4.69, 9.17) is 0 Å². The maximum absolute atomic E-state index is 13.5. The molecule has 10 heteroatoms. The quantitative estimate of drug-likeness (QED) is 0.435. The van der Waals surface area contributed by atoms with Crippen molar-refractivity contribution in [2.75, 3.05) is 6.54 Å². The lowest BCUT2D eigenvalue weighted by Crippen LogP contribution is -2.58. The lowest BCUT2D eigenvalue weighted by molar-refractivity contribution is -0.144. The molecule has 1 aromatic heterocycles. The fraction of sp³-hybridized carbons (Fsp3) is 0.538. The first-order valence-electron chi connectivity index (χ1n) is 12.0. The van der Waals surface area contributed by atoms with Crippen LogP contribution in [0, 0.1) is 12.3 Å². The van der Waals surface area contributed by atoms with Crippen molar-refractivity contribution < 1.29 is 19.5 Å². The van der Waals surface area contributed by atoms with Crippen LogP contribution in [0.3, 0.4) is 0 Å². The molecule has 0 spiro atoms. The number of carbonyl (C=O) groups is 3. The maximum atomic E-state index is 13.5. The van der Waals surface area contributed by atoms with Crippen molar-refractivity contribution in [2.24, 2.45) is 5.41 Å². The van der Waals surface area contributed by atoms with Crippen LogP contribution in [0.25, 0.3) is 10.4 Å². The molecule has 3 N–H and O–H groups in total. The van der Waals surface area contributed by atoms with Crippen molar-refractivity contribution in [3.05, 3.63) is 41.0 Å². The standard InChI is InChI=1S/C26H35BrN4O4S/c1-14(27)23(33)30-22(26(4,5)6)25(35)31-12-19(32)11-20(31)24(34)29-15(2)17-7-9-18(10-8-17)21-16(3)28-13-36-21/h7-10,13-15,19-20,22,32H,11-12H2,1-6H3,(H,29,34)(H,30,33)/t14?,15?,19-,20+,22?/m1/s1. The summed E-state index contributed by atoms with van der Waals surface area (Å²) in [6, 6.07) is 6.00. The lowest BCUT2D eigenvalue weighted by Gasteiger charge is -2.35. The zero-order chi connectivity index (χ0) is 26.8. The first kappa shape index (κ1) is 28.3. The maximum Gasteiger partial charge on any atom is 0.246 e. The smallest absolute Gasteiger partial charge is 0.246 e. The number of thiazole rings is 1. The molecule has 0 saturated carbocycles. The molecular formula is C26H35BrN4O4S. The van der Waals surface area contributed by atoms with Gasteiger partial charge in [-0.05, 0) is 37.3 Å². The first-order chi connectivity index (χ1) is 16.8. The molecule has 3 unspecified atom stereocenters. The van der Waals surface area contributed by atoms with Crippen molar-refractivity contribution in [1.29, 1.82) is 0 Å². The number of rotatable bonds is 7. The molecule has 1 aliphatic heterocycles. The average Bonchev–Trinajstić information content (AvgIpc) is 3.41. The largest absolute Gasteiger partial charge is 0.391 e.